The lowest BCUT2D eigenvalue weighted by atomic mass is 9.98. The highest BCUT2D eigenvalue weighted by molar-refractivity contribution is 7.98. The maximum absolute atomic E-state index is 12.5. The van der Waals surface area contributed by atoms with Gasteiger partial charge in [-0.3, -0.25) is 4.79 Å². The molecule has 0 saturated carbocycles. The first-order valence-corrected chi connectivity index (χ1v) is 8.35. The van der Waals surface area contributed by atoms with Crippen LogP contribution in [0.25, 0.3) is 0 Å². The van der Waals surface area contributed by atoms with Gasteiger partial charge in [0.2, 0.25) is 5.91 Å². The molecule has 0 aromatic heterocycles. The van der Waals surface area contributed by atoms with Gasteiger partial charge in [-0.25, -0.2) is 4.79 Å². The minimum atomic E-state index is -0.348. The Balaban J connectivity index is 2.13. The highest BCUT2D eigenvalue weighted by atomic mass is 32.2. The summed E-state index contributed by atoms with van der Waals surface area (Å²) < 4.78 is 5.31. The zero-order valence-corrected chi connectivity index (χ0v) is 13.6. The fourth-order valence-corrected chi connectivity index (χ4v) is 3.12. The van der Waals surface area contributed by atoms with Crippen LogP contribution in [-0.2, 0) is 4.79 Å². The van der Waals surface area contributed by atoms with Crippen LogP contribution in [0.5, 0.6) is 5.75 Å². The topological polar surface area (TPSA) is 84.7 Å². The summed E-state index contributed by atoms with van der Waals surface area (Å²) in [7, 11) is 1.57. The fourth-order valence-electron chi connectivity index (χ4n) is 2.55. The highest BCUT2D eigenvalue weighted by Gasteiger charge is 2.27. The van der Waals surface area contributed by atoms with Gasteiger partial charge < -0.3 is 20.7 Å². The SMILES string of the molecule is COc1cccc(SC)c1NC(=O)N1CCC[C@H](C(N)=O)C1. The van der Waals surface area contributed by atoms with Crippen LogP contribution >= 0.6 is 11.8 Å². The second-order valence-electron chi connectivity index (χ2n) is 5.16. The Hall–Kier alpha value is -1.89. The molecule has 1 saturated heterocycles. The molecule has 1 fully saturated rings. The highest BCUT2D eigenvalue weighted by Crippen LogP contribution is 2.34. The van der Waals surface area contributed by atoms with Crippen molar-refractivity contribution in [1.82, 2.24) is 4.90 Å². The van der Waals surface area contributed by atoms with Crippen LogP contribution in [-0.4, -0.2) is 43.3 Å². The van der Waals surface area contributed by atoms with Gasteiger partial charge in [-0.2, -0.15) is 0 Å². The third-order valence-corrected chi connectivity index (χ3v) is 4.55. The van der Waals surface area contributed by atoms with Crippen LogP contribution in [0.1, 0.15) is 12.8 Å². The van der Waals surface area contributed by atoms with Crippen molar-refractivity contribution >= 4 is 29.4 Å². The van der Waals surface area contributed by atoms with E-state index >= 15 is 0 Å². The lowest BCUT2D eigenvalue weighted by Crippen LogP contribution is -2.45. The molecule has 22 heavy (non-hydrogen) atoms. The Morgan fingerprint density at radius 2 is 2.23 bits per heavy atom. The number of methoxy groups -OCH3 is 1. The first kappa shape index (κ1) is 16.5. The lowest BCUT2D eigenvalue weighted by molar-refractivity contribution is -0.123. The molecular formula is C15H21N3O3S. The molecule has 0 bridgehead atoms. The number of thioether (sulfide) groups is 1. The minimum absolute atomic E-state index is 0.231. The van der Waals surface area contributed by atoms with E-state index in [0.717, 1.165) is 17.7 Å². The number of rotatable bonds is 4. The third kappa shape index (κ3) is 3.65. The van der Waals surface area contributed by atoms with Crippen molar-refractivity contribution in [3.8, 4) is 5.75 Å². The van der Waals surface area contributed by atoms with E-state index < -0.39 is 0 Å². The van der Waals surface area contributed by atoms with Gasteiger partial charge in [0, 0.05) is 18.0 Å². The number of amides is 3. The second-order valence-corrected chi connectivity index (χ2v) is 6.00. The molecule has 0 aliphatic carbocycles. The van der Waals surface area contributed by atoms with Crippen LogP contribution in [0.4, 0.5) is 10.5 Å². The number of likely N-dealkylation sites (tertiary alicyclic amines) is 1. The number of nitrogens with one attached hydrogen (secondary N) is 1. The van der Waals surface area contributed by atoms with Crippen molar-refractivity contribution in [2.75, 3.05) is 31.8 Å². The van der Waals surface area contributed by atoms with Gasteiger partial charge in [-0.15, -0.1) is 11.8 Å². The molecule has 0 unspecified atom stereocenters. The number of anilines is 1. The number of nitrogens with two attached hydrogens (primary N) is 1. The molecule has 0 radical (unpaired) electrons. The molecule has 1 aromatic rings. The van der Waals surface area contributed by atoms with Gasteiger partial charge in [0.15, 0.2) is 0 Å². The van der Waals surface area contributed by atoms with E-state index in [9.17, 15) is 9.59 Å². The van der Waals surface area contributed by atoms with Crippen molar-refractivity contribution in [3.05, 3.63) is 18.2 Å². The fraction of sp³-hybridized carbons (Fsp3) is 0.467. The van der Waals surface area contributed by atoms with E-state index in [1.807, 2.05) is 18.4 Å². The zero-order chi connectivity index (χ0) is 16.1. The zero-order valence-electron chi connectivity index (χ0n) is 12.8. The van der Waals surface area contributed by atoms with Crippen molar-refractivity contribution in [3.63, 3.8) is 0 Å². The number of ether oxygens (including phenoxy) is 1. The maximum atomic E-state index is 12.5. The molecule has 1 atom stereocenters. The molecule has 7 heteroatoms. The molecule has 3 amide bonds. The summed E-state index contributed by atoms with van der Waals surface area (Å²) in [5.74, 6) is 0.000412. The Labute approximate surface area is 134 Å². The van der Waals surface area contributed by atoms with Crippen molar-refractivity contribution in [1.29, 1.82) is 0 Å². The van der Waals surface area contributed by atoms with Crippen molar-refractivity contribution in [2.45, 2.75) is 17.7 Å². The Kier molecular flexibility index (Phi) is 5.54. The van der Waals surface area contributed by atoms with Gasteiger partial charge in [0.25, 0.3) is 0 Å². The van der Waals surface area contributed by atoms with Gasteiger partial charge >= 0.3 is 6.03 Å². The number of carbonyl (C=O) groups excluding carboxylic acids is 2. The molecular weight excluding hydrogens is 302 g/mol. The second kappa shape index (κ2) is 7.40. The average Bonchev–Trinajstić information content (AvgIpc) is 2.55. The normalized spacial score (nSPS) is 17.9. The lowest BCUT2D eigenvalue weighted by Gasteiger charge is -2.31. The number of hydrogen-bond acceptors (Lipinski definition) is 4. The Morgan fingerprint density at radius 1 is 1.45 bits per heavy atom. The maximum Gasteiger partial charge on any atom is 0.322 e. The van der Waals surface area contributed by atoms with E-state index in [0.29, 0.717) is 24.5 Å². The number of nitrogens with zero attached hydrogens (tertiary/aromatic N) is 1. The number of urea groups is 1. The molecule has 2 rings (SSSR count). The number of primary amides is 1. The Bertz CT molecular complexity index is 543. The summed E-state index contributed by atoms with van der Waals surface area (Å²) in [6.45, 7) is 0.990. The van der Waals surface area contributed by atoms with Crippen LogP contribution in [0.3, 0.4) is 0 Å². The van der Waals surface area contributed by atoms with E-state index in [-0.39, 0.29) is 17.9 Å². The summed E-state index contributed by atoms with van der Waals surface area (Å²) in [5.41, 5.74) is 6.01. The van der Waals surface area contributed by atoms with Gasteiger partial charge in [-0.1, -0.05) is 6.07 Å². The van der Waals surface area contributed by atoms with Crippen LogP contribution < -0.4 is 15.8 Å². The van der Waals surface area contributed by atoms with Crippen molar-refractivity contribution < 1.29 is 14.3 Å². The van der Waals surface area contributed by atoms with E-state index in [4.69, 9.17) is 10.5 Å². The number of para-hydroxylation sites is 1. The van der Waals surface area contributed by atoms with Gasteiger partial charge in [-0.05, 0) is 31.2 Å². The van der Waals surface area contributed by atoms with E-state index in [2.05, 4.69) is 5.32 Å². The molecule has 120 valence electrons. The van der Waals surface area contributed by atoms with Crippen LogP contribution in [0.15, 0.2) is 23.1 Å². The summed E-state index contributed by atoms with van der Waals surface area (Å²) in [5, 5.41) is 2.90. The molecule has 1 aliphatic rings. The Morgan fingerprint density at radius 3 is 2.86 bits per heavy atom. The predicted molar refractivity (Wildman–Crippen MR) is 87.3 cm³/mol. The molecule has 1 heterocycles. The summed E-state index contributed by atoms with van der Waals surface area (Å²) in [6, 6.07) is 5.37. The predicted octanol–water partition coefficient (Wildman–Crippen LogP) is 2.15. The first-order chi connectivity index (χ1) is 10.6. The van der Waals surface area contributed by atoms with Crippen LogP contribution in [0, 0.1) is 5.92 Å². The molecule has 3 N–H and O–H groups in total. The largest absolute Gasteiger partial charge is 0.495 e. The molecule has 6 nitrogen and oxygen atoms in total. The number of hydrogen-bond donors (Lipinski definition) is 2. The molecule has 1 aromatic carbocycles. The number of carbonyl (C=O) groups is 2. The average molecular weight is 323 g/mol. The quantitative estimate of drug-likeness (QED) is 0.832. The van der Waals surface area contributed by atoms with E-state index in [1.54, 1.807) is 18.1 Å². The standard InChI is InChI=1S/C15H21N3O3S/c1-21-11-6-3-7-12(22-2)13(11)17-15(20)18-8-4-5-10(9-18)14(16)19/h3,6-7,10H,4-5,8-9H2,1-2H3,(H2,16,19)(H,17,20)/t10-/m0/s1. The number of benzene rings is 1. The summed E-state index contributed by atoms with van der Waals surface area (Å²) in [6.07, 6.45) is 3.46. The molecule has 1 aliphatic heterocycles. The van der Waals surface area contributed by atoms with E-state index in [1.165, 1.54) is 11.8 Å². The van der Waals surface area contributed by atoms with Gasteiger partial charge in [0.05, 0.1) is 18.7 Å². The van der Waals surface area contributed by atoms with Crippen molar-refractivity contribution in [2.24, 2.45) is 11.7 Å². The molecule has 0 spiro atoms. The van der Waals surface area contributed by atoms with Gasteiger partial charge in [0.1, 0.15) is 5.75 Å². The smallest absolute Gasteiger partial charge is 0.322 e. The third-order valence-electron chi connectivity index (χ3n) is 3.77. The number of piperidine rings is 1. The minimum Gasteiger partial charge on any atom is -0.495 e. The first-order valence-electron chi connectivity index (χ1n) is 7.13. The summed E-state index contributed by atoms with van der Waals surface area (Å²) in [4.78, 5) is 26.4. The summed E-state index contributed by atoms with van der Waals surface area (Å²) >= 11 is 1.53. The monoisotopic (exact) mass is 323 g/mol. The van der Waals surface area contributed by atoms with Crippen LogP contribution in [0.2, 0.25) is 0 Å².